The lowest BCUT2D eigenvalue weighted by molar-refractivity contribution is -0.146. The molecule has 1 spiro atoms. The lowest BCUT2D eigenvalue weighted by atomic mass is 9.78. The van der Waals surface area contributed by atoms with Crippen LogP contribution in [0, 0.1) is 5.41 Å². The summed E-state index contributed by atoms with van der Waals surface area (Å²) in [6.45, 7) is 2.22. The summed E-state index contributed by atoms with van der Waals surface area (Å²) in [5.41, 5.74) is 0.967. The van der Waals surface area contributed by atoms with Gasteiger partial charge in [0.2, 0.25) is 5.91 Å². The first kappa shape index (κ1) is 20.3. The Morgan fingerprint density at radius 3 is 2.70 bits per heavy atom. The molecule has 30 heavy (non-hydrogen) atoms. The van der Waals surface area contributed by atoms with E-state index in [0.717, 1.165) is 18.4 Å². The van der Waals surface area contributed by atoms with Crippen LogP contribution in [0.5, 0.6) is 11.5 Å². The van der Waals surface area contributed by atoms with Gasteiger partial charge >= 0.3 is 0 Å². The maximum absolute atomic E-state index is 13.5. The minimum atomic E-state index is -0.501. The standard InChI is InChI=1S/C22H28N4O4/c1-24-17(8-11-23-24)20(27)26-13-10-22(15-26)9-5-12-25(21(22)28)14-16-6-4-7-18(29-2)19(16)30-3/h4,6-8,11H,5,9-10,12-15H2,1-3H3/t22-/m1/s1. The Bertz CT molecular complexity index is 956. The number of likely N-dealkylation sites (tertiary alicyclic amines) is 2. The normalized spacial score (nSPS) is 21.4. The summed E-state index contributed by atoms with van der Waals surface area (Å²) in [6.07, 6.45) is 4.05. The third kappa shape index (κ3) is 3.40. The highest BCUT2D eigenvalue weighted by molar-refractivity contribution is 5.94. The number of ether oxygens (including phenoxy) is 2. The van der Waals surface area contributed by atoms with Crippen LogP contribution in [0.4, 0.5) is 0 Å². The van der Waals surface area contributed by atoms with Crippen molar-refractivity contribution in [1.82, 2.24) is 19.6 Å². The predicted octanol–water partition coefficient (Wildman–Crippen LogP) is 2.09. The molecule has 2 aliphatic heterocycles. The first-order valence-corrected chi connectivity index (χ1v) is 10.3. The monoisotopic (exact) mass is 412 g/mol. The molecule has 0 bridgehead atoms. The molecule has 8 heteroatoms. The number of nitrogens with zero attached hydrogens (tertiary/aromatic N) is 4. The molecular formula is C22H28N4O4. The van der Waals surface area contributed by atoms with Crippen LogP contribution in [0.15, 0.2) is 30.5 Å². The number of aryl methyl sites for hydroxylation is 1. The number of para-hydroxylation sites is 1. The molecule has 2 aromatic rings. The van der Waals surface area contributed by atoms with Crippen LogP contribution in [-0.2, 0) is 18.4 Å². The van der Waals surface area contributed by atoms with Gasteiger partial charge in [-0.3, -0.25) is 14.3 Å². The van der Waals surface area contributed by atoms with Crippen molar-refractivity contribution >= 4 is 11.8 Å². The Kier molecular flexibility index (Phi) is 5.40. The van der Waals surface area contributed by atoms with E-state index in [0.29, 0.717) is 49.8 Å². The molecular weight excluding hydrogens is 384 g/mol. The highest BCUT2D eigenvalue weighted by atomic mass is 16.5. The van der Waals surface area contributed by atoms with Gasteiger partial charge in [-0.1, -0.05) is 12.1 Å². The number of hydrogen-bond donors (Lipinski definition) is 0. The van der Waals surface area contributed by atoms with E-state index in [-0.39, 0.29) is 11.8 Å². The third-order valence-corrected chi connectivity index (χ3v) is 6.35. The molecule has 1 aromatic carbocycles. The molecule has 2 aliphatic rings. The number of aromatic nitrogens is 2. The number of hydrogen-bond acceptors (Lipinski definition) is 5. The summed E-state index contributed by atoms with van der Waals surface area (Å²) in [4.78, 5) is 30.1. The molecule has 1 aromatic heterocycles. The fraction of sp³-hybridized carbons (Fsp3) is 0.500. The van der Waals surface area contributed by atoms with Crippen molar-refractivity contribution in [2.75, 3.05) is 33.9 Å². The molecule has 0 saturated carbocycles. The zero-order chi connectivity index (χ0) is 21.3. The molecule has 3 heterocycles. The zero-order valence-corrected chi connectivity index (χ0v) is 17.8. The van der Waals surface area contributed by atoms with E-state index in [9.17, 15) is 9.59 Å². The molecule has 4 rings (SSSR count). The van der Waals surface area contributed by atoms with Gasteiger partial charge < -0.3 is 19.3 Å². The van der Waals surface area contributed by atoms with Crippen molar-refractivity contribution in [2.24, 2.45) is 12.5 Å². The van der Waals surface area contributed by atoms with E-state index in [1.54, 1.807) is 43.1 Å². The van der Waals surface area contributed by atoms with Gasteiger partial charge in [0, 0.05) is 45.0 Å². The summed E-state index contributed by atoms with van der Waals surface area (Å²) >= 11 is 0. The average Bonchev–Trinajstić information content (AvgIpc) is 3.38. The summed E-state index contributed by atoms with van der Waals surface area (Å²) < 4.78 is 12.5. The lowest BCUT2D eigenvalue weighted by Crippen LogP contribution is -2.50. The second kappa shape index (κ2) is 8.01. The summed E-state index contributed by atoms with van der Waals surface area (Å²) in [7, 11) is 4.98. The minimum Gasteiger partial charge on any atom is -0.493 e. The highest BCUT2D eigenvalue weighted by Gasteiger charge is 2.49. The molecule has 160 valence electrons. The second-order valence-corrected chi connectivity index (χ2v) is 8.08. The largest absolute Gasteiger partial charge is 0.493 e. The number of benzene rings is 1. The smallest absolute Gasteiger partial charge is 0.272 e. The van der Waals surface area contributed by atoms with Gasteiger partial charge in [-0.2, -0.15) is 5.10 Å². The average molecular weight is 412 g/mol. The predicted molar refractivity (Wildman–Crippen MR) is 110 cm³/mol. The number of carbonyl (C=O) groups is 2. The van der Waals surface area contributed by atoms with Crippen LogP contribution >= 0.6 is 0 Å². The number of rotatable bonds is 5. The van der Waals surface area contributed by atoms with Gasteiger partial charge in [-0.25, -0.2) is 0 Å². The van der Waals surface area contributed by atoms with Crippen molar-refractivity contribution in [1.29, 1.82) is 0 Å². The summed E-state index contributed by atoms with van der Waals surface area (Å²) in [6, 6.07) is 7.44. The molecule has 0 unspecified atom stereocenters. The quantitative estimate of drug-likeness (QED) is 0.752. The van der Waals surface area contributed by atoms with Gasteiger partial charge in [0.05, 0.1) is 19.6 Å². The van der Waals surface area contributed by atoms with Gasteiger partial charge in [0.15, 0.2) is 11.5 Å². The maximum atomic E-state index is 13.5. The first-order valence-electron chi connectivity index (χ1n) is 10.3. The van der Waals surface area contributed by atoms with Crippen molar-refractivity contribution in [3.63, 3.8) is 0 Å². The SMILES string of the molecule is COc1cccc(CN2CCC[C@]3(CCN(C(=O)c4ccnn4C)C3)C2=O)c1OC. The fourth-order valence-corrected chi connectivity index (χ4v) is 4.76. The van der Waals surface area contributed by atoms with Crippen molar-refractivity contribution in [3.05, 3.63) is 41.7 Å². The number of carbonyl (C=O) groups excluding carboxylic acids is 2. The van der Waals surface area contributed by atoms with Gasteiger partial charge in [-0.15, -0.1) is 0 Å². The Morgan fingerprint density at radius 2 is 2.00 bits per heavy atom. The zero-order valence-electron chi connectivity index (χ0n) is 17.8. The van der Waals surface area contributed by atoms with Crippen LogP contribution in [0.1, 0.15) is 35.3 Å². The third-order valence-electron chi connectivity index (χ3n) is 6.35. The van der Waals surface area contributed by atoms with E-state index in [2.05, 4.69) is 5.10 Å². The van der Waals surface area contributed by atoms with E-state index in [1.165, 1.54) is 0 Å². The Hall–Kier alpha value is -3.03. The van der Waals surface area contributed by atoms with Gasteiger partial charge in [0.1, 0.15) is 5.69 Å². The molecule has 8 nitrogen and oxygen atoms in total. The Labute approximate surface area is 176 Å². The van der Waals surface area contributed by atoms with Gasteiger partial charge in [0.25, 0.3) is 5.91 Å². The van der Waals surface area contributed by atoms with E-state index in [4.69, 9.17) is 9.47 Å². The maximum Gasteiger partial charge on any atom is 0.272 e. The topological polar surface area (TPSA) is 76.9 Å². The Balaban J connectivity index is 1.52. The second-order valence-electron chi connectivity index (χ2n) is 8.08. The molecule has 2 saturated heterocycles. The summed E-state index contributed by atoms with van der Waals surface area (Å²) in [5.74, 6) is 1.38. The first-order chi connectivity index (χ1) is 14.5. The molecule has 0 aliphatic carbocycles. The molecule has 2 fully saturated rings. The van der Waals surface area contributed by atoms with Crippen LogP contribution < -0.4 is 9.47 Å². The van der Waals surface area contributed by atoms with E-state index in [1.807, 2.05) is 23.1 Å². The molecule has 0 radical (unpaired) electrons. The number of piperidine rings is 1. The van der Waals surface area contributed by atoms with Crippen LogP contribution in [0.25, 0.3) is 0 Å². The number of methoxy groups -OCH3 is 2. The van der Waals surface area contributed by atoms with E-state index < -0.39 is 5.41 Å². The van der Waals surface area contributed by atoms with Crippen molar-refractivity contribution < 1.29 is 19.1 Å². The lowest BCUT2D eigenvalue weighted by Gasteiger charge is -2.39. The van der Waals surface area contributed by atoms with Crippen LogP contribution in [-0.4, -0.2) is 65.2 Å². The van der Waals surface area contributed by atoms with E-state index >= 15 is 0 Å². The Morgan fingerprint density at radius 1 is 1.17 bits per heavy atom. The van der Waals surface area contributed by atoms with Crippen LogP contribution in [0.3, 0.4) is 0 Å². The van der Waals surface area contributed by atoms with Crippen molar-refractivity contribution in [3.8, 4) is 11.5 Å². The summed E-state index contributed by atoms with van der Waals surface area (Å²) in [5, 5.41) is 4.09. The number of amides is 2. The molecule has 2 amide bonds. The minimum absolute atomic E-state index is 0.0636. The van der Waals surface area contributed by atoms with Crippen LogP contribution in [0.2, 0.25) is 0 Å². The molecule has 1 atom stereocenters. The molecule has 0 N–H and O–H groups in total. The van der Waals surface area contributed by atoms with Gasteiger partial charge in [-0.05, 0) is 31.4 Å². The van der Waals surface area contributed by atoms with Crippen molar-refractivity contribution in [2.45, 2.75) is 25.8 Å². The highest BCUT2D eigenvalue weighted by Crippen LogP contribution is 2.41. The fourth-order valence-electron chi connectivity index (χ4n) is 4.76.